The van der Waals surface area contributed by atoms with E-state index in [0.29, 0.717) is 11.3 Å². The molecule has 0 spiro atoms. The van der Waals surface area contributed by atoms with Gasteiger partial charge in [0, 0.05) is 18.0 Å². The Balaban J connectivity index is 2.72. The standard InChI is InChI=1S/C12H9N5O/c13-6-9-5-10(8-1-3-15-4-2-8)11(7-16-14)17-12(9)18/h1-5,7H,14H2,(H,17,18)/b16-7+. The second-order valence-electron chi connectivity index (χ2n) is 3.47. The lowest BCUT2D eigenvalue weighted by Crippen LogP contribution is -2.14. The number of rotatable bonds is 2. The highest BCUT2D eigenvalue weighted by Crippen LogP contribution is 2.20. The molecular weight excluding hydrogens is 230 g/mol. The molecule has 3 N–H and O–H groups in total. The van der Waals surface area contributed by atoms with Crippen LogP contribution in [0, 0.1) is 11.3 Å². The van der Waals surface area contributed by atoms with Crippen molar-refractivity contribution in [2.45, 2.75) is 0 Å². The zero-order valence-electron chi connectivity index (χ0n) is 9.29. The number of hydrazone groups is 1. The quantitative estimate of drug-likeness (QED) is 0.454. The molecule has 2 heterocycles. The smallest absolute Gasteiger partial charge is 0.266 e. The predicted molar refractivity (Wildman–Crippen MR) is 66.8 cm³/mol. The van der Waals surface area contributed by atoms with E-state index >= 15 is 0 Å². The summed E-state index contributed by atoms with van der Waals surface area (Å²) in [5, 5.41) is 12.3. The summed E-state index contributed by atoms with van der Waals surface area (Å²) in [6, 6.07) is 6.88. The van der Waals surface area contributed by atoms with Crippen LogP contribution in [-0.2, 0) is 0 Å². The monoisotopic (exact) mass is 239 g/mol. The first-order valence-electron chi connectivity index (χ1n) is 5.07. The summed E-state index contributed by atoms with van der Waals surface area (Å²) in [4.78, 5) is 18.0. The second-order valence-corrected chi connectivity index (χ2v) is 3.47. The maximum absolute atomic E-state index is 11.5. The fourth-order valence-electron chi connectivity index (χ4n) is 1.57. The van der Waals surface area contributed by atoms with Gasteiger partial charge in [0.15, 0.2) is 0 Å². The van der Waals surface area contributed by atoms with Crippen molar-refractivity contribution in [3.63, 3.8) is 0 Å². The minimum absolute atomic E-state index is 0.0379. The highest BCUT2D eigenvalue weighted by Gasteiger charge is 2.08. The number of nitrogens with two attached hydrogens (primary N) is 1. The molecule has 2 aromatic rings. The zero-order chi connectivity index (χ0) is 13.0. The fourth-order valence-corrected chi connectivity index (χ4v) is 1.57. The van der Waals surface area contributed by atoms with Gasteiger partial charge in [-0.15, -0.1) is 0 Å². The predicted octanol–water partition coefficient (Wildman–Crippen LogP) is 0.601. The Hall–Kier alpha value is -2.94. The lowest BCUT2D eigenvalue weighted by molar-refractivity contribution is 1.18. The van der Waals surface area contributed by atoms with Crippen LogP contribution in [0.3, 0.4) is 0 Å². The number of hydrogen-bond acceptors (Lipinski definition) is 5. The molecule has 88 valence electrons. The van der Waals surface area contributed by atoms with Crippen LogP contribution in [0.1, 0.15) is 11.3 Å². The van der Waals surface area contributed by atoms with E-state index < -0.39 is 5.56 Å². The third-order valence-corrected chi connectivity index (χ3v) is 2.39. The van der Waals surface area contributed by atoms with E-state index in [-0.39, 0.29) is 5.56 Å². The first-order chi connectivity index (χ1) is 8.76. The molecule has 2 aromatic heterocycles. The summed E-state index contributed by atoms with van der Waals surface area (Å²) in [6.07, 6.45) is 4.57. The van der Waals surface area contributed by atoms with Gasteiger partial charge in [-0.1, -0.05) is 0 Å². The van der Waals surface area contributed by atoms with E-state index in [1.165, 1.54) is 12.3 Å². The fraction of sp³-hybridized carbons (Fsp3) is 0. The van der Waals surface area contributed by atoms with Crippen molar-refractivity contribution < 1.29 is 0 Å². The third-order valence-electron chi connectivity index (χ3n) is 2.39. The van der Waals surface area contributed by atoms with Gasteiger partial charge in [0.1, 0.15) is 11.6 Å². The molecule has 6 nitrogen and oxygen atoms in total. The minimum atomic E-state index is -0.467. The van der Waals surface area contributed by atoms with E-state index in [9.17, 15) is 4.79 Å². The number of H-pyrrole nitrogens is 1. The molecule has 0 saturated carbocycles. The average Bonchev–Trinajstić information content (AvgIpc) is 2.40. The summed E-state index contributed by atoms with van der Waals surface area (Å²) in [7, 11) is 0. The molecular formula is C12H9N5O. The normalized spacial score (nSPS) is 10.4. The summed E-state index contributed by atoms with van der Waals surface area (Å²) < 4.78 is 0. The van der Waals surface area contributed by atoms with Crippen molar-refractivity contribution in [2.75, 3.05) is 0 Å². The number of pyridine rings is 2. The van der Waals surface area contributed by atoms with Gasteiger partial charge < -0.3 is 10.8 Å². The van der Waals surface area contributed by atoms with Gasteiger partial charge in [-0.05, 0) is 23.8 Å². The Morgan fingerprint density at radius 1 is 1.44 bits per heavy atom. The highest BCUT2D eigenvalue weighted by molar-refractivity contribution is 5.88. The van der Waals surface area contributed by atoms with E-state index in [0.717, 1.165) is 5.56 Å². The lowest BCUT2D eigenvalue weighted by atomic mass is 10.0. The maximum atomic E-state index is 11.5. The third kappa shape index (κ3) is 2.10. The minimum Gasteiger partial charge on any atom is -0.323 e. The Labute approximate surface area is 102 Å². The molecule has 0 fully saturated rings. The molecule has 0 aliphatic rings. The van der Waals surface area contributed by atoms with Crippen LogP contribution in [0.2, 0.25) is 0 Å². The van der Waals surface area contributed by atoms with Gasteiger partial charge >= 0.3 is 0 Å². The average molecular weight is 239 g/mol. The van der Waals surface area contributed by atoms with Crippen molar-refractivity contribution in [1.82, 2.24) is 9.97 Å². The van der Waals surface area contributed by atoms with Crippen molar-refractivity contribution in [2.24, 2.45) is 10.9 Å². The van der Waals surface area contributed by atoms with Gasteiger partial charge in [-0.3, -0.25) is 9.78 Å². The first kappa shape index (κ1) is 11.5. The Bertz CT molecular complexity index is 682. The highest BCUT2D eigenvalue weighted by atomic mass is 16.1. The van der Waals surface area contributed by atoms with Crippen molar-refractivity contribution in [3.8, 4) is 17.2 Å². The molecule has 0 saturated heterocycles. The summed E-state index contributed by atoms with van der Waals surface area (Å²) in [6.45, 7) is 0. The van der Waals surface area contributed by atoms with E-state index in [1.807, 2.05) is 6.07 Å². The van der Waals surface area contributed by atoms with Crippen LogP contribution in [0.4, 0.5) is 0 Å². The molecule has 0 atom stereocenters. The van der Waals surface area contributed by atoms with Crippen LogP contribution in [0.15, 0.2) is 40.5 Å². The summed E-state index contributed by atoms with van der Waals surface area (Å²) in [5.41, 5.74) is 1.50. The van der Waals surface area contributed by atoms with Crippen LogP contribution in [-0.4, -0.2) is 16.2 Å². The lowest BCUT2D eigenvalue weighted by Gasteiger charge is -2.05. The maximum Gasteiger partial charge on any atom is 0.266 e. The van der Waals surface area contributed by atoms with E-state index in [4.69, 9.17) is 11.1 Å². The number of nitriles is 1. The number of hydrogen-bond donors (Lipinski definition) is 2. The molecule has 0 amide bonds. The van der Waals surface area contributed by atoms with Crippen LogP contribution in [0.25, 0.3) is 11.1 Å². The number of nitrogens with zero attached hydrogens (tertiary/aromatic N) is 3. The molecule has 0 aliphatic carbocycles. The van der Waals surface area contributed by atoms with Crippen LogP contribution >= 0.6 is 0 Å². The molecule has 0 bridgehead atoms. The SMILES string of the molecule is N#Cc1cc(-c2ccncc2)c(/C=N/N)[nH]c1=O. The number of nitrogens with one attached hydrogen (secondary N) is 1. The van der Waals surface area contributed by atoms with E-state index in [1.54, 1.807) is 24.5 Å². The molecule has 18 heavy (non-hydrogen) atoms. The zero-order valence-corrected chi connectivity index (χ0v) is 9.29. The van der Waals surface area contributed by atoms with Gasteiger partial charge in [-0.2, -0.15) is 10.4 Å². The Morgan fingerprint density at radius 2 is 2.17 bits per heavy atom. The van der Waals surface area contributed by atoms with Gasteiger partial charge in [-0.25, -0.2) is 0 Å². The molecule has 0 aliphatic heterocycles. The topological polar surface area (TPSA) is 108 Å². The van der Waals surface area contributed by atoms with Gasteiger partial charge in [0.25, 0.3) is 5.56 Å². The number of aromatic amines is 1. The molecule has 6 heteroatoms. The molecule has 2 rings (SSSR count). The van der Waals surface area contributed by atoms with E-state index in [2.05, 4.69) is 15.1 Å². The first-order valence-corrected chi connectivity index (χ1v) is 5.07. The van der Waals surface area contributed by atoms with Crippen molar-refractivity contribution in [1.29, 1.82) is 5.26 Å². The van der Waals surface area contributed by atoms with Crippen molar-refractivity contribution in [3.05, 3.63) is 52.2 Å². The van der Waals surface area contributed by atoms with Gasteiger partial charge in [0.05, 0.1) is 11.9 Å². The van der Waals surface area contributed by atoms with Crippen molar-refractivity contribution >= 4 is 6.21 Å². The Kier molecular flexibility index (Phi) is 3.16. The van der Waals surface area contributed by atoms with Crippen LogP contribution < -0.4 is 11.4 Å². The molecule has 0 aromatic carbocycles. The number of aromatic nitrogens is 2. The molecule has 0 unspecified atom stereocenters. The second kappa shape index (κ2) is 4.93. The summed E-state index contributed by atoms with van der Waals surface area (Å²) >= 11 is 0. The van der Waals surface area contributed by atoms with Gasteiger partial charge in [0.2, 0.25) is 0 Å². The Morgan fingerprint density at radius 3 is 2.78 bits per heavy atom. The van der Waals surface area contributed by atoms with Crippen LogP contribution in [0.5, 0.6) is 0 Å². The molecule has 0 radical (unpaired) electrons. The summed E-state index contributed by atoms with van der Waals surface area (Å²) in [5.74, 6) is 5.10. The largest absolute Gasteiger partial charge is 0.323 e.